The Hall–Kier alpha value is -3.01. The molecule has 0 aromatic heterocycles. The van der Waals surface area contributed by atoms with Crippen LogP contribution in [-0.4, -0.2) is 22.4 Å². The number of aliphatic imine (C=N–C) groups is 1. The number of benzene rings is 1. The molecule has 1 aromatic rings. The molecule has 0 fully saturated rings. The maximum Gasteiger partial charge on any atom is 0.199 e. The third-order valence-corrected chi connectivity index (χ3v) is 3.98. The van der Waals surface area contributed by atoms with E-state index in [1.807, 2.05) is 0 Å². The number of hydrogen-bond donors (Lipinski definition) is 1. The minimum atomic E-state index is -0.393. The van der Waals surface area contributed by atoms with E-state index in [-0.39, 0.29) is 28.6 Å². The van der Waals surface area contributed by atoms with Crippen molar-refractivity contribution in [3.05, 3.63) is 77.0 Å². The second-order valence-corrected chi connectivity index (χ2v) is 5.29. The highest BCUT2D eigenvalue weighted by molar-refractivity contribution is 6.25. The Labute approximate surface area is 126 Å². The summed E-state index contributed by atoms with van der Waals surface area (Å²) >= 11 is 0. The van der Waals surface area contributed by atoms with E-state index in [2.05, 4.69) is 4.99 Å². The van der Waals surface area contributed by atoms with E-state index >= 15 is 0 Å². The van der Waals surface area contributed by atoms with Gasteiger partial charge >= 0.3 is 0 Å². The van der Waals surface area contributed by atoms with Crippen LogP contribution in [0.15, 0.2) is 70.9 Å². The van der Waals surface area contributed by atoms with Crippen LogP contribution in [0.1, 0.15) is 15.9 Å². The van der Waals surface area contributed by atoms with Crippen molar-refractivity contribution < 1.29 is 14.7 Å². The first-order chi connectivity index (χ1) is 10.7. The van der Waals surface area contributed by atoms with Crippen LogP contribution in [0.5, 0.6) is 0 Å². The maximum absolute atomic E-state index is 12.5. The number of rotatable bonds is 1. The number of carbonyl (C=O) groups excluding carboxylic acids is 2. The van der Waals surface area contributed by atoms with Crippen LogP contribution >= 0.6 is 0 Å². The molecule has 1 unspecified atom stereocenters. The molecule has 1 N–H and O–H groups in total. The number of hydrogen-bond acceptors (Lipinski definition) is 4. The fourth-order valence-corrected chi connectivity index (χ4v) is 2.91. The van der Waals surface area contributed by atoms with Crippen molar-refractivity contribution >= 4 is 23.0 Å². The molecule has 4 heteroatoms. The van der Waals surface area contributed by atoms with Crippen molar-refractivity contribution in [3.63, 3.8) is 0 Å². The molecular weight excluding hydrogens is 278 g/mol. The molecule has 4 rings (SSSR count). The van der Waals surface area contributed by atoms with Crippen molar-refractivity contribution in [1.29, 1.82) is 0 Å². The van der Waals surface area contributed by atoms with E-state index in [1.165, 1.54) is 6.08 Å². The summed E-state index contributed by atoms with van der Waals surface area (Å²) in [5.41, 5.74) is 1.84. The molecule has 1 atom stereocenters. The van der Waals surface area contributed by atoms with Crippen molar-refractivity contribution in [2.45, 2.75) is 0 Å². The molecule has 1 aromatic carbocycles. The van der Waals surface area contributed by atoms with E-state index in [4.69, 9.17) is 0 Å². The van der Waals surface area contributed by atoms with Crippen LogP contribution in [0.25, 0.3) is 5.76 Å². The molecule has 4 nitrogen and oxygen atoms in total. The van der Waals surface area contributed by atoms with Crippen LogP contribution in [0.4, 0.5) is 0 Å². The fraction of sp³-hybridized carbons (Fsp3) is 0.0556. The van der Waals surface area contributed by atoms with Gasteiger partial charge in [0.25, 0.3) is 0 Å². The lowest BCUT2D eigenvalue weighted by Gasteiger charge is -2.18. The van der Waals surface area contributed by atoms with Gasteiger partial charge in [0.2, 0.25) is 0 Å². The number of allylic oxidation sites excluding steroid dienone is 6. The van der Waals surface area contributed by atoms with Crippen LogP contribution in [0.2, 0.25) is 0 Å². The summed E-state index contributed by atoms with van der Waals surface area (Å²) in [7, 11) is 0. The molecule has 0 radical (unpaired) electrons. The van der Waals surface area contributed by atoms with E-state index < -0.39 is 5.92 Å². The predicted molar refractivity (Wildman–Crippen MR) is 82.6 cm³/mol. The second kappa shape index (κ2) is 4.49. The SMILES string of the molecule is O=C1C(C2=CC(=O)C3C=CC=CC3=N2)=C(O)c2ccccc21. The highest BCUT2D eigenvalue weighted by atomic mass is 16.3. The Balaban J connectivity index is 1.84. The van der Waals surface area contributed by atoms with E-state index in [0.717, 1.165) is 0 Å². The third-order valence-electron chi connectivity index (χ3n) is 3.98. The Morgan fingerprint density at radius 2 is 1.82 bits per heavy atom. The Bertz CT molecular complexity index is 881. The Morgan fingerprint density at radius 1 is 1.05 bits per heavy atom. The molecule has 0 amide bonds. The zero-order valence-corrected chi connectivity index (χ0v) is 11.5. The van der Waals surface area contributed by atoms with Crippen LogP contribution < -0.4 is 0 Å². The third kappa shape index (κ3) is 1.67. The molecule has 2 aliphatic carbocycles. The van der Waals surface area contributed by atoms with Gasteiger partial charge < -0.3 is 5.11 Å². The number of aliphatic hydroxyl groups excluding tert-OH is 1. The molecular formula is C18H11NO3. The number of Topliss-reactive ketones (excluding diaryl/α,β-unsaturated/α-hetero) is 1. The van der Waals surface area contributed by atoms with E-state index in [9.17, 15) is 14.7 Å². The summed E-state index contributed by atoms with van der Waals surface area (Å²) in [5, 5.41) is 10.4. The molecule has 3 aliphatic rings. The van der Waals surface area contributed by atoms with Crippen molar-refractivity contribution in [1.82, 2.24) is 0 Å². The zero-order valence-electron chi connectivity index (χ0n) is 11.5. The molecule has 106 valence electrons. The minimum absolute atomic E-state index is 0.100. The molecule has 0 spiro atoms. The van der Waals surface area contributed by atoms with Gasteiger partial charge in [-0.3, -0.25) is 14.6 Å². The lowest BCUT2D eigenvalue weighted by atomic mass is 9.90. The summed E-state index contributed by atoms with van der Waals surface area (Å²) in [6, 6.07) is 6.83. The summed E-state index contributed by atoms with van der Waals surface area (Å²) < 4.78 is 0. The largest absolute Gasteiger partial charge is 0.506 e. The summed E-state index contributed by atoms with van der Waals surface area (Å²) in [6.45, 7) is 0. The van der Waals surface area contributed by atoms with Crippen molar-refractivity contribution in [3.8, 4) is 0 Å². The van der Waals surface area contributed by atoms with E-state index in [1.54, 1.807) is 48.6 Å². The number of fused-ring (bicyclic) bond motifs is 2. The van der Waals surface area contributed by atoms with Gasteiger partial charge in [0, 0.05) is 17.2 Å². The van der Waals surface area contributed by atoms with Gasteiger partial charge in [-0.05, 0) is 6.08 Å². The first-order valence-corrected chi connectivity index (χ1v) is 6.93. The van der Waals surface area contributed by atoms with Gasteiger partial charge in [0.05, 0.1) is 22.9 Å². The quantitative estimate of drug-likeness (QED) is 0.864. The standard InChI is InChI=1S/C18H11NO3/c20-15-9-14(19-13-8-4-3-7-12(13)15)16-17(21)10-5-1-2-6-11(10)18(16)22/h1-9,12,21H. The van der Waals surface area contributed by atoms with Gasteiger partial charge in [-0.2, -0.15) is 0 Å². The molecule has 1 aliphatic heterocycles. The van der Waals surface area contributed by atoms with E-state index in [0.29, 0.717) is 16.8 Å². The smallest absolute Gasteiger partial charge is 0.199 e. The normalized spacial score (nSPS) is 22.5. The number of carbonyl (C=O) groups is 2. The lowest BCUT2D eigenvalue weighted by Crippen LogP contribution is -2.25. The highest BCUT2D eigenvalue weighted by Crippen LogP contribution is 2.36. The lowest BCUT2D eigenvalue weighted by molar-refractivity contribution is -0.115. The average molecular weight is 289 g/mol. The van der Waals surface area contributed by atoms with Crippen molar-refractivity contribution in [2.24, 2.45) is 10.9 Å². The highest BCUT2D eigenvalue weighted by Gasteiger charge is 2.35. The van der Waals surface area contributed by atoms with Gasteiger partial charge in [-0.15, -0.1) is 0 Å². The molecule has 0 saturated heterocycles. The first kappa shape index (κ1) is 12.7. The molecule has 0 bridgehead atoms. The van der Waals surface area contributed by atoms with Crippen molar-refractivity contribution in [2.75, 3.05) is 0 Å². The summed E-state index contributed by atoms with van der Waals surface area (Å²) in [6.07, 6.45) is 8.46. The first-order valence-electron chi connectivity index (χ1n) is 6.93. The average Bonchev–Trinajstić information content (AvgIpc) is 2.79. The summed E-state index contributed by atoms with van der Waals surface area (Å²) in [5.74, 6) is -0.942. The van der Waals surface area contributed by atoms with Gasteiger partial charge in [0.15, 0.2) is 11.6 Å². The fourth-order valence-electron chi connectivity index (χ4n) is 2.91. The minimum Gasteiger partial charge on any atom is -0.506 e. The Kier molecular flexibility index (Phi) is 2.60. The number of ketones is 2. The second-order valence-electron chi connectivity index (χ2n) is 5.29. The Morgan fingerprint density at radius 3 is 2.59 bits per heavy atom. The maximum atomic E-state index is 12.5. The summed E-state index contributed by atoms with van der Waals surface area (Å²) in [4.78, 5) is 29.1. The van der Waals surface area contributed by atoms with Crippen LogP contribution in [0.3, 0.4) is 0 Å². The number of nitrogens with zero attached hydrogens (tertiary/aromatic N) is 1. The molecule has 1 heterocycles. The van der Waals surface area contributed by atoms with Crippen LogP contribution in [-0.2, 0) is 4.79 Å². The molecule has 22 heavy (non-hydrogen) atoms. The van der Waals surface area contributed by atoms with Gasteiger partial charge in [-0.25, -0.2) is 0 Å². The van der Waals surface area contributed by atoms with Gasteiger partial charge in [0.1, 0.15) is 5.76 Å². The monoisotopic (exact) mass is 289 g/mol. The van der Waals surface area contributed by atoms with Crippen LogP contribution in [0, 0.1) is 5.92 Å². The predicted octanol–water partition coefficient (Wildman–Crippen LogP) is 2.80. The topological polar surface area (TPSA) is 66.7 Å². The number of aliphatic hydroxyl groups is 1. The zero-order chi connectivity index (χ0) is 15.3. The molecule has 0 saturated carbocycles. The van der Waals surface area contributed by atoms with Gasteiger partial charge in [-0.1, -0.05) is 42.5 Å².